The SMILES string of the molecule is O=C1NCC(c2ccccc2)C(=O)N1C1CCCC1. The number of rotatable bonds is 2. The molecule has 19 heavy (non-hydrogen) atoms. The van der Waals surface area contributed by atoms with Gasteiger partial charge in [0.2, 0.25) is 5.91 Å². The average molecular weight is 258 g/mol. The first-order valence-electron chi connectivity index (χ1n) is 6.93. The van der Waals surface area contributed by atoms with Crippen molar-refractivity contribution in [3.05, 3.63) is 35.9 Å². The van der Waals surface area contributed by atoms with E-state index in [0.717, 1.165) is 31.2 Å². The zero-order chi connectivity index (χ0) is 13.2. The van der Waals surface area contributed by atoms with Crippen molar-refractivity contribution in [2.75, 3.05) is 6.54 Å². The molecule has 1 aliphatic carbocycles. The van der Waals surface area contributed by atoms with Gasteiger partial charge in [-0.15, -0.1) is 0 Å². The maximum Gasteiger partial charge on any atom is 0.324 e. The van der Waals surface area contributed by atoms with Crippen molar-refractivity contribution in [1.29, 1.82) is 0 Å². The van der Waals surface area contributed by atoms with Gasteiger partial charge in [-0.3, -0.25) is 9.69 Å². The molecule has 0 aromatic heterocycles. The van der Waals surface area contributed by atoms with Crippen molar-refractivity contribution >= 4 is 11.9 Å². The van der Waals surface area contributed by atoms with Crippen molar-refractivity contribution in [3.63, 3.8) is 0 Å². The Morgan fingerprint density at radius 3 is 2.42 bits per heavy atom. The lowest BCUT2D eigenvalue weighted by Gasteiger charge is -2.35. The summed E-state index contributed by atoms with van der Waals surface area (Å²) in [5, 5.41) is 2.85. The molecule has 1 saturated heterocycles. The number of imide groups is 1. The Morgan fingerprint density at radius 2 is 1.74 bits per heavy atom. The number of benzene rings is 1. The molecule has 0 spiro atoms. The molecule has 3 amide bonds. The highest BCUT2D eigenvalue weighted by atomic mass is 16.2. The number of nitrogens with one attached hydrogen (secondary N) is 1. The fourth-order valence-electron chi connectivity index (χ4n) is 3.08. The van der Waals surface area contributed by atoms with Gasteiger partial charge in [-0.05, 0) is 18.4 Å². The second kappa shape index (κ2) is 5.03. The van der Waals surface area contributed by atoms with Gasteiger partial charge in [0.15, 0.2) is 0 Å². The third kappa shape index (κ3) is 2.23. The summed E-state index contributed by atoms with van der Waals surface area (Å²) >= 11 is 0. The van der Waals surface area contributed by atoms with Crippen molar-refractivity contribution < 1.29 is 9.59 Å². The summed E-state index contributed by atoms with van der Waals surface area (Å²) in [6.07, 6.45) is 4.11. The number of hydrogen-bond acceptors (Lipinski definition) is 2. The van der Waals surface area contributed by atoms with Gasteiger partial charge in [0.25, 0.3) is 0 Å². The zero-order valence-corrected chi connectivity index (χ0v) is 10.8. The highest BCUT2D eigenvalue weighted by molar-refractivity contribution is 6.00. The summed E-state index contributed by atoms with van der Waals surface area (Å²) in [4.78, 5) is 26.0. The third-order valence-corrected chi connectivity index (χ3v) is 4.10. The van der Waals surface area contributed by atoms with Crippen LogP contribution in [0.25, 0.3) is 0 Å². The molecule has 0 bridgehead atoms. The summed E-state index contributed by atoms with van der Waals surface area (Å²) in [5.74, 6) is -0.277. The molecule has 0 radical (unpaired) electrons. The molecule has 3 rings (SSSR count). The van der Waals surface area contributed by atoms with Crippen LogP contribution in [0.2, 0.25) is 0 Å². The fraction of sp³-hybridized carbons (Fsp3) is 0.467. The molecule has 1 aliphatic heterocycles. The van der Waals surface area contributed by atoms with Gasteiger partial charge < -0.3 is 5.32 Å². The first kappa shape index (κ1) is 12.2. The van der Waals surface area contributed by atoms with Gasteiger partial charge in [-0.2, -0.15) is 0 Å². The van der Waals surface area contributed by atoms with Crippen LogP contribution in [0.3, 0.4) is 0 Å². The van der Waals surface area contributed by atoms with Gasteiger partial charge in [0, 0.05) is 12.6 Å². The summed E-state index contributed by atoms with van der Waals surface area (Å²) in [6, 6.07) is 9.57. The standard InChI is InChI=1S/C15H18N2O2/c18-14-13(11-6-2-1-3-7-11)10-16-15(19)17(14)12-8-4-5-9-12/h1-3,6-7,12-13H,4-5,8-10H2,(H,16,19). The van der Waals surface area contributed by atoms with Crippen LogP contribution < -0.4 is 5.32 Å². The minimum atomic E-state index is -0.237. The zero-order valence-electron chi connectivity index (χ0n) is 10.8. The van der Waals surface area contributed by atoms with Gasteiger partial charge in [-0.1, -0.05) is 43.2 Å². The summed E-state index contributed by atoms with van der Waals surface area (Å²) < 4.78 is 0. The summed E-state index contributed by atoms with van der Waals surface area (Å²) in [6.45, 7) is 0.408. The van der Waals surface area contributed by atoms with E-state index in [-0.39, 0.29) is 23.9 Å². The first-order valence-corrected chi connectivity index (χ1v) is 6.93. The lowest BCUT2D eigenvalue weighted by Crippen LogP contribution is -2.57. The predicted octanol–water partition coefficient (Wildman–Crippen LogP) is 2.26. The molecule has 1 saturated carbocycles. The van der Waals surface area contributed by atoms with E-state index in [2.05, 4.69) is 5.32 Å². The van der Waals surface area contributed by atoms with E-state index in [1.807, 2.05) is 30.3 Å². The van der Waals surface area contributed by atoms with E-state index in [1.54, 1.807) is 0 Å². The van der Waals surface area contributed by atoms with Crippen molar-refractivity contribution in [2.24, 2.45) is 0 Å². The second-order valence-electron chi connectivity index (χ2n) is 5.30. The number of carbonyl (C=O) groups is 2. The van der Waals surface area contributed by atoms with Gasteiger partial charge >= 0.3 is 6.03 Å². The third-order valence-electron chi connectivity index (χ3n) is 4.10. The Kier molecular flexibility index (Phi) is 3.23. The predicted molar refractivity (Wildman–Crippen MR) is 71.7 cm³/mol. The lowest BCUT2D eigenvalue weighted by molar-refractivity contribution is -0.132. The molecule has 1 aromatic carbocycles. The van der Waals surface area contributed by atoms with Crippen LogP contribution in [0, 0.1) is 0 Å². The number of amides is 3. The smallest absolute Gasteiger partial charge is 0.324 e. The average Bonchev–Trinajstić information content (AvgIpc) is 2.94. The minimum Gasteiger partial charge on any atom is -0.336 e. The second-order valence-corrected chi connectivity index (χ2v) is 5.30. The van der Waals surface area contributed by atoms with Gasteiger partial charge in [-0.25, -0.2) is 4.79 Å². The number of urea groups is 1. The quantitative estimate of drug-likeness (QED) is 0.884. The van der Waals surface area contributed by atoms with E-state index >= 15 is 0 Å². The monoisotopic (exact) mass is 258 g/mol. The van der Waals surface area contributed by atoms with E-state index in [0.29, 0.717) is 6.54 Å². The first-order chi connectivity index (χ1) is 9.27. The van der Waals surface area contributed by atoms with Crippen LogP contribution in [0.4, 0.5) is 4.79 Å². The van der Waals surface area contributed by atoms with Gasteiger partial charge in [0.1, 0.15) is 0 Å². The Hall–Kier alpha value is -1.84. The molecule has 4 heteroatoms. The Labute approximate surface area is 112 Å². The van der Waals surface area contributed by atoms with Gasteiger partial charge in [0.05, 0.1) is 5.92 Å². The number of nitrogens with zero attached hydrogens (tertiary/aromatic N) is 1. The van der Waals surface area contributed by atoms with Crippen LogP contribution in [0.15, 0.2) is 30.3 Å². The van der Waals surface area contributed by atoms with Crippen molar-refractivity contribution in [2.45, 2.75) is 37.6 Å². The molecule has 1 N–H and O–H groups in total. The van der Waals surface area contributed by atoms with E-state index in [9.17, 15) is 9.59 Å². The summed E-state index contributed by atoms with van der Waals surface area (Å²) in [5.41, 5.74) is 0.982. The maximum absolute atomic E-state index is 12.6. The highest BCUT2D eigenvalue weighted by Crippen LogP contribution is 2.29. The molecular weight excluding hydrogens is 240 g/mol. The molecule has 1 atom stereocenters. The molecule has 4 nitrogen and oxygen atoms in total. The molecule has 2 fully saturated rings. The molecule has 100 valence electrons. The largest absolute Gasteiger partial charge is 0.336 e. The molecular formula is C15H18N2O2. The van der Waals surface area contributed by atoms with Crippen molar-refractivity contribution in [1.82, 2.24) is 10.2 Å². The normalized spacial score (nSPS) is 24.6. The molecule has 1 unspecified atom stereocenters. The van der Waals surface area contributed by atoms with E-state index in [4.69, 9.17) is 0 Å². The summed E-state index contributed by atoms with van der Waals surface area (Å²) in [7, 11) is 0. The van der Waals surface area contributed by atoms with E-state index in [1.165, 1.54) is 4.90 Å². The van der Waals surface area contributed by atoms with Crippen LogP contribution in [0.1, 0.15) is 37.2 Å². The van der Waals surface area contributed by atoms with E-state index < -0.39 is 0 Å². The number of hydrogen-bond donors (Lipinski definition) is 1. The van der Waals surface area contributed by atoms with Crippen LogP contribution in [0.5, 0.6) is 0 Å². The molecule has 2 aliphatic rings. The Balaban J connectivity index is 1.85. The maximum atomic E-state index is 12.6. The van der Waals surface area contributed by atoms with Crippen molar-refractivity contribution in [3.8, 4) is 0 Å². The lowest BCUT2D eigenvalue weighted by atomic mass is 9.95. The van der Waals surface area contributed by atoms with Crippen LogP contribution in [-0.2, 0) is 4.79 Å². The van der Waals surface area contributed by atoms with Crippen LogP contribution in [-0.4, -0.2) is 29.4 Å². The molecule has 1 aromatic rings. The highest BCUT2D eigenvalue weighted by Gasteiger charge is 2.39. The Morgan fingerprint density at radius 1 is 1.05 bits per heavy atom. The minimum absolute atomic E-state index is 0.0400. The number of carbonyl (C=O) groups excluding carboxylic acids is 2. The fourth-order valence-corrected chi connectivity index (χ4v) is 3.08. The molecule has 1 heterocycles. The Bertz CT molecular complexity index is 480. The van der Waals surface area contributed by atoms with Crippen LogP contribution >= 0.6 is 0 Å². The topological polar surface area (TPSA) is 49.4 Å².